The summed E-state index contributed by atoms with van der Waals surface area (Å²) in [6, 6.07) is 0. The molecule has 1 rings (SSSR count). The van der Waals surface area contributed by atoms with Gasteiger partial charge in [-0.3, -0.25) is 0 Å². The minimum Gasteiger partial charge on any atom is -0.478 e. The number of rotatable bonds is 2. The summed E-state index contributed by atoms with van der Waals surface area (Å²) >= 11 is 5.21. The van der Waals surface area contributed by atoms with E-state index in [0.29, 0.717) is 0 Å². The predicted molar refractivity (Wildman–Crippen MR) is 37.2 cm³/mol. The Hall–Kier alpha value is -0.320. The normalized spacial score (nSPS) is 41.3. The van der Waals surface area contributed by atoms with Crippen molar-refractivity contribution in [2.75, 3.05) is 0 Å². The SMILES string of the molecule is CC1CC1(O)C(O)(Cl)C(=O)O. The van der Waals surface area contributed by atoms with Crippen LogP contribution in [-0.2, 0) is 4.79 Å². The molecule has 0 heterocycles. The van der Waals surface area contributed by atoms with Crippen LogP contribution in [-0.4, -0.2) is 32.0 Å². The summed E-state index contributed by atoms with van der Waals surface area (Å²) in [5, 5.41) is 24.3. The van der Waals surface area contributed by atoms with E-state index < -0.39 is 16.6 Å². The van der Waals surface area contributed by atoms with Crippen LogP contribution in [0.2, 0.25) is 0 Å². The highest BCUT2D eigenvalue weighted by atomic mass is 35.5. The zero-order chi connectivity index (χ0) is 8.86. The van der Waals surface area contributed by atoms with Gasteiger partial charge in [-0.2, -0.15) is 0 Å². The molecular weight excluding hydrogens is 172 g/mol. The maximum absolute atomic E-state index is 10.3. The Labute approximate surface area is 68.4 Å². The van der Waals surface area contributed by atoms with Crippen LogP contribution < -0.4 is 0 Å². The number of alkyl halides is 1. The summed E-state index contributed by atoms with van der Waals surface area (Å²) in [4.78, 5) is 10.3. The second-order valence-corrected chi connectivity index (χ2v) is 3.50. The topological polar surface area (TPSA) is 77.8 Å². The number of hydrogen-bond acceptors (Lipinski definition) is 3. The Bertz CT molecular complexity index is 203. The van der Waals surface area contributed by atoms with Crippen LogP contribution in [0.5, 0.6) is 0 Å². The van der Waals surface area contributed by atoms with Gasteiger partial charge in [0, 0.05) is 0 Å². The highest BCUT2D eigenvalue weighted by molar-refractivity contribution is 6.33. The van der Waals surface area contributed by atoms with Gasteiger partial charge in [0.2, 0.25) is 0 Å². The fraction of sp³-hybridized carbons (Fsp3) is 0.833. The molecule has 1 saturated carbocycles. The zero-order valence-electron chi connectivity index (χ0n) is 5.91. The number of hydrogen-bond donors (Lipinski definition) is 3. The van der Waals surface area contributed by atoms with Gasteiger partial charge in [-0.1, -0.05) is 18.5 Å². The summed E-state index contributed by atoms with van der Waals surface area (Å²) in [5.41, 5.74) is -1.65. The molecule has 5 heteroatoms. The molecule has 0 bridgehead atoms. The van der Waals surface area contributed by atoms with Crippen molar-refractivity contribution in [3.05, 3.63) is 0 Å². The van der Waals surface area contributed by atoms with Gasteiger partial charge in [-0.25, -0.2) is 4.79 Å². The van der Waals surface area contributed by atoms with Crippen LogP contribution in [0.25, 0.3) is 0 Å². The van der Waals surface area contributed by atoms with Gasteiger partial charge in [0.1, 0.15) is 5.60 Å². The minimum absolute atomic E-state index is 0.222. The van der Waals surface area contributed by atoms with E-state index in [1.807, 2.05) is 0 Å². The van der Waals surface area contributed by atoms with Crippen LogP contribution in [0.3, 0.4) is 0 Å². The average molecular weight is 181 g/mol. The van der Waals surface area contributed by atoms with Crippen molar-refractivity contribution >= 4 is 17.6 Å². The van der Waals surface area contributed by atoms with Crippen LogP contribution in [0.1, 0.15) is 13.3 Å². The molecule has 0 aromatic rings. The van der Waals surface area contributed by atoms with Gasteiger partial charge in [-0.15, -0.1) is 0 Å². The smallest absolute Gasteiger partial charge is 0.354 e. The molecule has 0 amide bonds. The van der Waals surface area contributed by atoms with E-state index in [2.05, 4.69) is 0 Å². The van der Waals surface area contributed by atoms with Crippen molar-refractivity contribution in [2.24, 2.45) is 5.92 Å². The van der Waals surface area contributed by atoms with Gasteiger partial charge in [0.15, 0.2) is 0 Å². The monoisotopic (exact) mass is 180 g/mol. The van der Waals surface area contributed by atoms with E-state index in [0.717, 1.165) is 0 Å². The van der Waals surface area contributed by atoms with Gasteiger partial charge >= 0.3 is 5.97 Å². The highest BCUT2D eigenvalue weighted by Crippen LogP contribution is 2.52. The molecule has 3 unspecified atom stereocenters. The fourth-order valence-corrected chi connectivity index (χ4v) is 1.32. The molecule has 64 valence electrons. The quantitative estimate of drug-likeness (QED) is 0.513. The lowest BCUT2D eigenvalue weighted by Crippen LogP contribution is -2.47. The predicted octanol–water partition coefficient (Wildman–Crippen LogP) is -0.231. The molecule has 0 aromatic heterocycles. The van der Waals surface area contributed by atoms with E-state index in [1.165, 1.54) is 0 Å². The summed E-state index contributed by atoms with van der Waals surface area (Å²) in [6.45, 7) is 1.62. The van der Waals surface area contributed by atoms with E-state index in [9.17, 15) is 9.90 Å². The first-order valence-electron chi connectivity index (χ1n) is 3.19. The average Bonchev–Trinajstić information content (AvgIpc) is 2.42. The molecule has 0 aromatic carbocycles. The molecule has 1 fully saturated rings. The van der Waals surface area contributed by atoms with Crippen molar-refractivity contribution in [2.45, 2.75) is 24.0 Å². The van der Waals surface area contributed by atoms with Crippen molar-refractivity contribution in [3.8, 4) is 0 Å². The van der Waals surface area contributed by atoms with Gasteiger partial charge in [-0.05, 0) is 12.3 Å². The molecule has 0 radical (unpaired) electrons. The third kappa shape index (κ3) is 1.02. The Kier molecular flexibility index (Phi) is 1.67. The summed E-state index contributed by atoms with van der Waals surface area (Å²) < 4.78 is 0. The van der Waals surface area contributed by atoms with E-state index in [-0.39, 0.29) is 12.3 Å². The zero-order valence-corrected chi connectivity index (χ0v) is 6.67. The molecule has 11 heavy (non-hydrogen) atoms. The summed E-state index contributed by atoms with van der Waals surface area (Å²) in [6.07, 6.45) is 0.222. The third-order valence-corrected chi connectivity index (χ3v) is 2.62. The number of aliphatic carboxylic acids is 1. The molecule has 4 nitrogen and oxygen atoms in total. The number of carboxylic acid groups (broad SMARTS) is 1. The van der Waals surface area contributed by atoms with Crippen molar-refractivity contribution in [3.63, 3.8) is 0 Å². The lowest BCUT2D eigenvalue weighted by molar-refractivity contribution is -0.161. The number of halogens is 1. The van der Waals surface area contributed by atoms with E-state index in [4.69, 9.17) is 21.8 Å². The van der Waals surface area contributed by atoms with Crippen LogP contribution in [0.15, 0.2) is 0 Å². The molecule has 1 aliphatic carbocycles. The standard InChI is InChI=1S/C6H9ClO4/c1-3-2-5(3,10)6(7,11)4(8)9/h3,10-11H,2H2,1H3,(H,8,9). The molecule has 1 aliphatic rings. The Morgan fingerprint density at radius 3 is 2.27 bits per heavy atom. The number of carboxylic acids is 1. The van der Waals surface area contributed by atoms with Crippen LogP contribution in [0.4, 0.5) is 0 Å². The molecule has 0 spiro atoms. The van der Waals surface area contributed by atoms with Gasteiger partial charge in [0.25, 0.3) is 5.06 Å². The highest BCUT2D eigenvalue weighted by Gasteiger charge is 2.67. The summed E-state index contributed by atoms with van der Waals surface area (Å²) in [7, 11) is 0. The van der Waals surface area contributed by atoms with Gasteiger partial charge < -0.3 is 15.3 Å². The van der Waals surface area contributed by atoms with Crippen LogP contribution >= 0.6 is 11.6 Å². The maximum Gasteiger partial charge on any atom is 0.354 e. The van der Waals surface area contributed by atoms with E-state index >= 15 is 0 Å². The van der Waals surface area contributed by atoms with Crippen molar-refractivity contribution in [1.29, 1.82) is 0 Å². The lowest BCUT2D eigenvalue weighted by atomic mass is 10.1. The number of aliphatic hydroxyl groups is 2. The van der Waals surface area contributed by atoms with Crippen molar-refractivity contribution in [1.82, 2.24) is 0 Å². The first-order valence-corrected chi connectivity index (χ1v) is 3.57. The molecule has 0 saturated heterocycles. The minimum atomic E-state index is -2.54. The van der Waals surface area contributed by atoms with Crippen LogP contribution in [0, 0.1) is 5.92 Å². The maximum atomic E-state index is 10.3. The molecule has 3 atom stereocenters. The van der Waals surface area contributed by atoms with Gasteiger partial charge in [0.05, 0.1) is 0 Å². The molecular formula is C6H9ClO4. The van der Waals surface area contributed by atoms with Crippen molar-refractivity contribution < 1.29 is 20.1 Å². The number of carbonyl (C=O) groups is 1. The molecule has 0 aliphatic heterocycles. The largest absolute Gasteiger partial charge is 0.478 e. The first kappa shape index (κ1) is 8.77. The lowest BCUT2D eigenvalue weighted by Gasteiger charge is -2.22. The van der Waals surface area contributed by atoms with E-state index in [1.54, 1.807) is 6.92 Å². The Morgan fingerprint density at radius 2 is 2.18 bits per heavy atom. The molecule has 3 N–H and O–H groups in total. The Morgan fingerprint density at radius 1 is 1.82 bits per heavy atom. The fourth-order valence-electron chi connectivity index (χ4n) is 1.05. The third-order valence-electron chi connectivity index (χ3n) is 2.13. The summed E-state index contributed by atoms with van der Waals surface area (Å²) in [5.74, 6) is -1.87. The first-order chi connectivity index (χ1) is 4.82. The second kappa shape index (κ2) is 2.09. The second-order valence-electron chi connectivity index (χ2n) is 2.96. The Balaban J connectivity index is 2.82.